The molecule has 0 spiro atoms. The topological polar surface area (TPSA) is 71.0 Å². The second-order valence-corrected chi connectivity index (χ2v) is 8.19. The Morgan fingerprint density at radius 1 is 1.10 bits per heavy atom. The van der Waals surface area contributed by atoms with Crippen LogP contribution in [0.4, 0.5) is 14.6 Å². The molecule has 3 aromatic rings. The van der Waals surface area contributed by atoms with Crippen LogP contribution in [-0.4, -0.2) is 44.4 Å². The maximum Gasteiger partial charge on any atom is 0.255 e. The van der Waals surface area contributed by atoms with Gasteiger partial charge in [0.25, 0.3) is 5.91 Å². The predicted molar refractivity (Wildman–Crippen MR) is 111 cm³/mol. The van der Waals surface area contributed by atoms with E-state index in [-0.39, 0.29) is 40.8 Å². The summed E-state index contributed by atoms with van der Waals surface area (Å²) < 4.78 is 29.0. The Kier molecular flexibility index (Phi) is 4.84. The number of hydrogen-bond acceptors (Lipinski definition) is 5. The lowest BCUT2D eigenvalue weighted by Crippen LogP contribution is -2.48. The molecule has 31 heavy (non-hydrogen) atoms. The lowest BCUT2D eigenvalue weighted by atomic mass is 10.0. The molecule has 1 aliphatic heterocycles. The summed E-state index contributed by atoms with van der Waals surface area (Å²) in [6.07, 6.45) is 6.30. The fourth-order valence-electron chi connectivity index (χ4n) is 4.74. The number of amides is 1. The molecular formula is C23H21F2N5O. The van der Waals surface area contributed by atoms with Crippen molar-refractivity contribution in [2.45, 2.75) is 31.8 Å². The van der Waals surface area contributed by atoms with E-state index in [1.807, 2.05) is 0 Å². The lowest BCUT2D eigenvalue weighted by Gasteiger charge is -2.34. The predicted octanol–water partition coefficient (Wildman–Crippen LogP) is 3.84. The van der Waals surface area contributed by atoms with Gasteiger partial charge in [-0.15, -0.1) is 0 Å². The highest BCUT2D eigenvalue weighted by Gasteiger charge is 2.47. The summed E-state index contributed by atoms with van der Waals surface area (Å²) in [4.78, 5) is 27.7. The fourth-order valence-corrected chi connectivity index (χ4v) is 4.74. The molecule has 1 aromatic carbocycles. The molecule has 2 bridgehead atoms. The number of anilines is 1. The van der Waals surface area contributed by atoms with Crippen molar-refractivity contribution in [2.75, 3.05) is 11.9 Å². The average molecular weight is 421 g/mol. The molecule has 1 amide bonds. The highest BCUT2D eigenvalue weighted by molar-refractivity contribution is 6.00. The fraction of sp³-hybridized carbons (Fsp3) is 0.304. The number of nitrogens with zero attached hydrogens (tertiary/aromatic N) is 4. The molecule has 8 heteroatoms. The quantitative estimate of drug-likeness (QED) is 0.693. The summed E-state index contributed by atoms with van der Waals surface area (Å²) in [6.45, 7) is 2.38. The van der Waals surface area contributed by atoms with Crippen molar-refractivity contribution in [1.29, 1.82) is 0 Å². The Morgan fingerprint density at radius 2 is 1.90 bits per heavy atom. The molecular weight excluding hydrogens is 400 g/mol. The highest BCUT2D eigenvalue weighted by Crippen LogP contribution is 2.40. The average Bonchev–Trinajstić information content (AvgIpc) is 3.36. The lowest BCUT2D eigenvalue weighted by molar-refractivity contribution is 0.0692. The largest absolute Gasteiger partial charge is 0.363 e. The van der Waals surface area contributed by atoms with Crippen LogP contribution in [0.25, 0.3) is 11.4 Å². The van der Waals surface area contributed by atoms with Gasteiger partial charge in [-0.25, -0.2) is 23.7 Å². The van der Waals surface area contributed by atoms with E-state index in [2.05, 4.69) is 20.3 Å². The molecule has 1 saturated heterocycles. The third-order valence-corrected chi connectivity index (χ3v) is 6.08. The van der Waals surface area contributed by atoms with Crippen molar-refractivity contribution in [2.24, 2.45) is 5.92 Å². The van der Waals surface area contributed by atoms with Crippen LogP contribution in [0.2, 0.25) is 0 Å². The number of aryl methyl sites for hydroxylation is 1. The number of fused-ring (bicyclic) bond motifs is 2. The van der Waals surface area contributed by atoms with Crippen LogP contribution in [0, 0.1) is 24.5 Å². The van der Waals surface area contributed by atoms with Crippen molar-refractivity contribution in [3.8, 4) is 11.4 Å². The first-order valence-corrected chi connectivity index (χ1v) is 10.3. The van der Waals surface area contributed by atoms with Crippen LogP contribution in [0.1, 0.15) is 28.8 Å². The number of halogens is 2. The summed E-state index contributed by atoms with van der Waals surface area (Å²) >= 11 is 0. The normalized spacial score (nSPS) is 22.0. The molecule has 1 saturated carbocycles. The molecule has 1 aliphatic carbocycles. The van der Waals surface area contributed by atoms with Gasteiger partial charge in [0.15, 0.2) is 17.5 Å². The van der Waals surface area contributed by atoms with Gasteiger partial charge in [0.2, 0.25) is 0 Å². The minimum Gasteiger partial charge on any atom is -0.363 e. The first-order chi connectivity index (χ1) is 15.0. The van der Waals surface area contributed by atoms with Gasteiger partial charge >= 0.3 is 0 Å². The summed E-state index contributed by atoms with van der Waals surface area (Å²) in [5, 5.41) is 3.18. The van der Waals surface area contributed by atoms with Crippen molar-refractivity contribution >= 4 is 11.7 Å². The molecule has 5 rings (SSSR count). The Hall–Kier alpha value is -3.42. The SMILES string of the molecule is Cc1cnc(NC2CC3CC2N(C(=O)c2cccc(F)c2-c2ncccn2)C3)c(F)c1. The highest BCUT2D eigenvalue weighted by atomic mass is 19.1. The van der Waals surface area contributed by atoms with Gasteiger partial charge in [-0.05, 0) is 55.5 Å². The summed E-state index contributed by atoms with van der Waals surface area (Å²) in [5.41, 5.74) is 1.08. The van der Waals surface area contributed by atoms with Gasteiger partial charge in [0.1, 0.15) is 5.82 Å². The summed E-state index contributed by atoms with van der Waals surface area (Å²) in [7, 11) is 0. The Bertz CT molecular complexity index is 1140. The van der Waals surface area contributed by atoms with E-state index in [0.717, 1.165) is 18.4 Å². The second kappa shape index (κ2) is 7.68. The molecule has 2 aromatic heterocycles. The number of benzene rings is 1. The molecule has 3 heterocycles. The van der Waals surface area contributed by atoms with E-state index in [4.69, 9.17) is 0 Å². The van der Waals surface area contributed by atoms with Crippen LogP contribution >= 0.6 is 0 Å². The molecule has 158 valence electrons. The second-order valence-electron chi connectivity index (χ2n) is 8.19. The Balaban J connectivity index is 1.43. The van der Waals surface area contributed by atoms with E-state index >= 15 is 0 Å². The molecule has 2 fully saturated rings. The van der Waals surface area contributed by atoms with Gasteiger partial charge < -0.3 is 10.2 Å². The van der Waals surface area contributed by atoms with Gasteiger partial charge in [-0.1, -0.05) is 6.07 Å². The van der Waals surface area contributed by atoms with Crippen LogP contribution < -0.4 is 5.32 Å². The number of likely N-dealkylation sites (tertiary alicyclic amines) is 1. The summed E-state index contributed by atoms with van der Waals surface area (Å²) in [6, 6.07) is 7.27. The number of pyridine rings is 1. The van der Waals surface area contributed by atoms with Crippen molar-refractivity contribution in [1.82, 2.24) is 19.9 Å². The number of hydrogen-bond donors (Lipinski definition) is 1. The van der Waals surface area contributed by atoms with E-state index < -0.39 is 11.6 Å². The summed E-state index contributed by atoms with van der Waals surface area (Å²) in [5.74, 6) is -0.534. The Morgan fingerprint density at radius 3 is 2.65 bits per heavy atom. The molecule has 2 aliphatic rings. The third-order valence-electron chi connectivity index (χ3n) is 6.08. The molecule has 3 atom stereocenters. The number of carbonyl (C=O) groups is 1. The smallest absolute Gasteiger partial charge is 0.255 e. The van der Waals surface area contributed by atoms with Crippen LogP contribution in [0.3, 0.4) is 0 Å². The maximum absolute atomic E-state index is 14.7. The van der Waals surface area contributed by atoms with Gasteiger partial charge in [-0.2, -0.15) is 0 Å². The zero-order valence-electron chi connectivity index (χ0n) is 16.9. The van der Waals surface area contributed by atoms with Crippen molar-refractivity contribution in [3.05, 3.63) is 71.7 Å². The first kappa shape index (κ1) is 19.5. The van der Waals surface area contributed by atoms with E-state index in [0.29, 0.717) is 12.5 Å². The standard InChI is InChI=1S/C23H21F2N5O/c1-13-8-17(25)21(28-11-13)29-18-9-14-10-19(18)30(12-14)23(31)15-4-2-5-16(24)20(15)22-26-6-3-7-27-22/h2-8,11,14,18-19H,9-10,12H2,1H3,(H,28,29). The van der Waals surface area contributed by atoms with Gasteiger partial charge in [0.05, 0.1) is 17.2 Å². The minimum absolute atomic E-state index is 0.103. The van der Waals surface area contributed by atoms with Crippen molar-refractivity contribution in [3.63, 3.8) is 0 Å². The third kappa shape index (κ3) is 3.52. The van der Waals surface area contributed by atoms with Crippen LogP contribution in [0.15, 0.2) is 48.9 Å². The number of carbonyl (C=O) groups excluding carboxylic acids is 1. The van der Waals surface area contributed by atoms with Crippen LogP contribution in [-0.2, 0) is 0 Å². The van der Waals surface area contributed by atoms with Crippen LogP contribution in [0.5, 0.6) is 0 Å². The number of rotatable bonds is 4. The van der Waals surface area contributed by atoms with Gasteiger partial charge in [0, 0.05) is 31.2 Å². The maximum atomic E-state index is 14.7. The first-order valence-electron chi connectivity index (χ1n) is 10.3. The molecule has 6 nitrogen and oxygen atoms in total. The molecule has 1 N–H and O–H groups in total. The number of aromatic nitrogens is 3. The zero-order chi connectivity index (χ0) is 21.5. The van der Waals surface area contributed by atoms with Gasteiger partial charge in [-0.3, -0.25) is 4.79 Å². The molecule has 3 unspecified atom stereocenters. The minimum atomic E-state index is -0.540. The van der Waals surface area contributed by atoms with E-state index in [1.54, 1.807) is 30.2 Å². The zero-order valence-corrected chi connectivity index (χ0v) is 16.9. The Labute approximate surface area is 178 Å². The number of nitrogens with one attached hydrogen (secondary N) is 1. The van der Waals surface area contributed by atoms with Crippen molar-refractivity contribution < 1.29 is 13.6 Å². The van der Waals surface area contributed by atoms with E-state index in [1.165, 1.54) is 30.6 Å². The van der Waals surface area contributed by atoms with E-state index in [9.17, 15) is 13.6 Å². The monoisotopic (exact) mass is 421 g/mol. The number of piperidine rings is 1. The molecule has 0 radical (unpaired) electrons.